The van der Waals surface area contributed by atoms with Crippen LogP contribution >= 0.6 is 27.3 Å². The van der Waals surface area contributed by atoms with Gasteiger partial charge in [-0.1, -0.05) is 13.8 Å². The molecule has 0 spiro atoms. The van der Waals surface area contributed by atoms with Gasteiger partial charge in [-0.15, -0.1) is 11.3 Å². The van der Waals surface area contributed by atoms with E-state index in [2.05, 4.69) is 47.2 Å². The Hall–Kier alpha value is -0.910. The first-order valence-corrected chi connectivity index (χ1v) is 8.51. The minimum atomic E-state index is -0.281. The van der Waals surface area contributed by atoms with Crippen molar-refractivity contribution in [2.24, 2.45) is 5.92 Å². The van der Waals surface area contributed by atoms with Gasteiger partial charge in [0.05, 0.1) is 4.47 Å². The fourth-order valence-electron chi connectivity index (χ4n) is 1.80. The van der Waals surface area contributed by atoms with Crippen LogP contribution in [-0.4, -0.2) is 6.54 Å². The normalized spacial score (nSPS) is 11.1. The Morgan fingerprint density at radius 2 is 2.00 bits per heavy atom. The number of nitrogens with one attached hydrogen (secondary N) is 1. The summed E-state index contributed by atoms with van der Waals surface area (Å²) < 4.78 is 19.2. The zero-order valence-electron chi connectivity index (χ0n) is 12.2. The molecule has 0 fully saturated rings. The summed E-state index contributed by atoms with van der Waals surface area (Å²) in [7, 11) is 0. The molecule has 0 unspecified atom stereocenters. The van der Waals surface area contributed by atoms with Crippen molar-refractivity contribution in [2.75, 3.05) is 6.54 Å². The molecule has 0 saturated carbocycles. The molecule has 1 aromatic heterocycles. The van der Waals surface area contributed by atoms with Crippen LogP contribution in [-0.2, 0) is 13.2 Å². The fourth-order valence-corrected chi connectivity index (χ4v) is 3.06. The molecule has 1 N–H and O–H groups in total. The van der Waals surface area contributed by atoms with E-state index >= 15 is 0 Å². The Bertz CT molecular complexity index is 585. The van der Waals surface area contributed by atoms with Crippen LogP contribution < -0.4 is 10.1 Å². The van der Waals surface area contributed by atoms with Crippen molar-refractivity contribution in [3.63, 3.8) is 0 Å². The minimum Gasteiger partial charge on any atom is -0.488 e. The first-order valence-electron chi connectivity index (χ1n) is 6.90. The van der Waals surface area contributed by atoms with Crippen LogP contribution in [0.4, 0.5) is 4.39 Å². The third-order valence-corrected chi connectivity index (χ3v) is 4.51. The van der Waals surface area contributed by atoms with Crippen LogP contribution in [0, 0.1) is 11.7 Å². The van der Waals surface area contributed by atoms with E-state index < -0.39 is 0 Å². The van der Waals surface area contributed by atoms with Gasteiger partial charge in [0.2, 0.25) is 0 Å². The second-order valence-corrected chi connectivity index (χ2v) is 7.36. The van der Waals surface area contributed by atoms with Crippen LogP contribution in [0.3, 0.4) is 0 Å². The molecule has 0 radical (unpaired) electrons. The predicted octanol–water partition coefficient (Wildman–Crippen LogP) is 4.97. The second-order valence-electron chi connectivity index (χ2n) is 5.26. The summed E-state index contributed by atoms with van der Waals surface area (Å²) in [6, 6.07) is 8.88. The van der Waals surface area contributed by atoms with Crippen molar-refractivity contribution in [2.45, 2.75) is 27.0 Å². The number of thiophene rings is 1. The lowest BCUT2D eigenvalue weighted by atomic mass is 10.2. The van der Waals surface area contributed by atoms with Crippen molar-refractivity contribution >= 4 is 27.3 Å². The van der Waals surface area contributed by atoms with Crippen LogP contribution in [0.1, 0.15) is 23.6 Å². The molecular weight excluding hydrogens is 353 g/mol. The topological polar surface area (TPSA) is 21.3 Å². The standard InChI is InChI=1S/C16H19BrFNOS/c1-11(2)8-19-9-13-4-5-14(21-13)10-20-12-3-6-16(18)15(17)7-12/h3-7,11,19H,8-10H2,1-2H3. The highest BCUT2D eigenvalue weighted by Crippen LogP contribution is 2.24. The number of hydrogen-bond donors (Lipinski definition) is 1. The Kier molecular flexibility index (Phi) is 6.21. The number of hydrogen-bond acceptors (Lipinski definition) is 3. The lowest BCUT2D eigenvalue weighted by Gasteiger charge is -2.06. The summed E-state index contributed by atoms with van der Waals surface area (Å²) in [5.41, 5.74) is 0. The van der Waals surface area contributed by atoms with Gasteiger partial charge in [-0.25, -0.2) is 4.39 Å². The molecule has 0 aliphatic rings. The Balaban J connectivity index is 1.83. The van der Waals surface area contributed by atoms with Gasteiger partial charge in [-0.05, 0) is 58.7 Å². The SMILES string of the molecule is CC(C)CNCc1ccc(COc2ccc(F)c(Br)c2)s1. The smallest absolute Gasteiger partial charge is 0.137 e. The molecule has 0 bridgehead atoms. The second kappa shape index (κ2) is 7.92. The van der Waals surface area contributed by atoms with Crippen LogP contribution in [0.15, 0.2) is 34.8 Å². The average molecular weight is 372 g/mol. The molecule has 0 aliphatic carbocycles. The lowest BCUT2D eigenvalue weighted by molar-refractivity contribution is 0.309. The molecule has 21 heavy (non-hydrogen) atoms. The average Bonchev–Trinajstić information content (AvgIpc) is 2.88. The van der Waals surface area contributed by atoms with Crippen molar-refractivity contribution in [3.8, 4) is 5.75 Å². The lowest BCUT2D eigenvalue weighted by Crippen LogP contribution is -2.18. The van der Waals surface area contributed by atoms with E-state index in [1.165, 1.54) is 10.9 Å². The van der Waals surface area contributed by atoms with E-state index in [0.717, 1.165) is 18.0 Å². The molecule has 5 heteroatoms. The molecule has 0 saturated heterocycles. The summed E-state index contributed by atoms with van der Waals surface area (Å²) in [5.74, 6) is 1.04. The number of benzene rings is 1. The summed E-state index contributed by atoms with van der Waals surface area (Å²) in [6.45, 7) is 6.81. The first-order chi connectivity index (χ1) is 10.0. The number of halogens is 2. The van der Waals surface area contributed by atoms with Gasteiger partial charge < -0.3 is 10.1 Å². The Morgan fingerprint density at radius 3 is 2.71 bits per heavy atom. The summed E-state index contributed by atoms with van der Waals surface area (Å²) >= 11 is 4.89. The van der Waals surface area contributed by atoms with E-state index in [9.17, 15) is 4.39 Å². The van der Waals surface area contributed by atoms with Crippen molar-refractivity contribution in [1.82, 2.24) is 5.32 Å². The van der Waals surface area contributed by atoms with Crippen molar-refractivity contribution < 1.29 is 9.13 Å². The third kappa shape index (κ3) is 5.41. The highest BCUT2D eigenvalue weighted by Gasteiger charge is 2.04. The molecule has 2 nitrogen and oxygen atoms in total. The molecule has 114 valence electrons. The minimum absolute atomic E-state index is 0.281. The molecule has 2 aromatic rings. The molecule has 0 atom stereocenters. The highest BCUT2D eigenvalue weighted by molar-refractivity contribution is 9.10. The molecular formula is C16H19BrFNOS. The fraction of sp³-hybridized carbons (Fsp3) is 0.375. The third-order valence-electron chi connectivity index (χ3n) is 2.84. The maximum Gasteiger partial charge on any atom is 0.137 e. The molecule has 1 heterocycles. The largest absolute Gasteiger partial charge is 0.488 e. The maximum absolute atomic E-state index is 13.1. The van der Waals surface area contributed by atoms with Crippen LogP contribution in [0.5, 0.6) is 5.75 Å². The van der Waals surface area contributed by atoms with Gasteiger partial charge in [-0.2, -0.15) is 0 Å². The van der Waals surface area contributed by atoms with Crippen molar-refractivity contribution in [3.05, 3.63) is 50.4 Å². The predicted molar refractivity (Wildman–Crippen MR) is 89.3 cm³/mol. The van der Waals surface area contributed by atoms with E-state index in [0.29, 0.717) is 22.7 Å². The van der Waals surface area contributed by atoms with E-state index in [4.69, 9.17) is 4.74 Å². The first kappa shape index (κ1) is 16.5. The van der Waals surface area contributed by atoms with Gasteiger partial charge in [0.15, 0.2) is 0 Å². The van der Waals surface area contributed by atoms with Gasteiger partial charge in [-0.3, -0.25) is 0 Å². The molecule has 2 rings (SSSR count). The zero-order chi connectivity index (χ0) is 15.2. The number of ether oxygens (including phenoxy) is 1. The Morgan fingerprint density at radius 1 is 1.24 bits per heavy atom. The van der Waals surface area contributed by atoms with Gasteiger partial charge >= 0.3 is 0 Å². The quantitative estimate of drug-likeness (QED) is 0.741. The van der Waals surface area contributed by atoms with E-state index in [1.54, 1.807) is 23.5 Å². The van der Waals surface area contributed by atoms with Gasteiger partial charge in [0.1, 0.15) is 18.2 Å². The van der Waals surface area contributed by atoms with Gasteiger partial charge in [0.25, 0.3) is 0 Å². The van der Waals surface area contributed by atoms with Crippen LogP contribution in [0.25, 0.3) is 0 Å². The monoisotopic (exact) mass is 371 g/mol. The van der Waals surface area contributed by atoms with E-state index in [-0.39, 0.29) is 5.82 Å². The summed E-state index contributed by atoms with van der Waals surface area (Å²) in [5, 5.41) is 3.42. The van der Waals surface area contributed by atoms with Crippen molar-refractivity contribution in [1.29, 1.82) is 0 Å². The molecule has 1 aromatic carbocycles. The maximum atomic E-state index is 13.1. The van der Waals surface area contributed by atoms with Crippen LogP contribution in [0.2, 0.25) is 0 Å². The number of rotatable bonds is 7. The summed E-state index contributed by atoms with van der Waals surface area (Å²) in [4.78, 5) is 2.46. The summed E-state index contributed by atoms with van der Waals surface area (Å²) in [6.07, 6.45) is 0. The molecule has 0 amide bonds. The zero-order valence-corrected chi connectivity index (χ0v) is 14.6. The molecule has 0 aliphatic heterocycles. The Labute approximate surface area is 137 Å². The highest BCUT2D eigenvalue weighted by atomic mass is 79.9. The van der Waals surface area contributed by atoms with E-state index in [1.807, 2.05) is 0 Å². The van der Waals surface area contributed by atoms with Gasteiger partial charge in [0, 0.05) is 16.3 Å².